The number of hydrogen-bond acceptors (Lipinski definition) is 4. The van der Waals surface area contributed by atoms with Crippen molar-refractivity contribution in [2.45, 2.75) is 25.7 Å². The molecule has 0 radical (unpaired) electrons. The number of methoxy groups -OCH3 is 1. The number of hydrogen-bond donors (Lipinski definition) is 0. The fourth-order valence-corrected chi connectivity index (χ4v) is 3.62. The van der Waals surface area contributed by atoms with Crippen LogP contribution in [0.2, 0.25) is 0 Å². The average Bonchev–Trinajstić information content (AvgIpc) is 2.78. The quantitative estimate of drug-likeness (QED) is 0.570. The molecule has 1 amide bonds. The second-order valence-corrected chi connectivity index (χ2v) is 7.43. The molecule has 2 aromatic carbocycles. The highest BCUT2D eigenvalue weighted by Crippen LogP contribution is 2.23. The van der Waals surface area contributed by atoms with Crippen LogP contribution in [-0.2, 0) is 16.0 Å². The van der Waals surface area contributed by atoms with Gasteiger partial charge in [0.25, 0.3) is 0 Å². The first kappa shape index (κ1) is 21.2. The van der Waals surface area contributed by atoms with Crippen molar-refractivity contribution in [3.05, 3.63) is 60.2 Å². The highest BCUT2D eigenvalue weighted by atomic mass is 16.5. The lowest BCUT2D eigenvalue weighted by molar-refractivity contribution is -0.137. The van der Waals surface area contributed by atoms with Gasteiger partial charge in [0, 0.05) is 13.1 Å². The molecule has 0 spiro atoms. The topological polar surface area (TPSA) is 48.0 Å². The molecule has 0 N–H and O–H groups in total. The standard InChI is InChI=1S/C24H31NO4/c1-27-22-11-9-20(10-12-22)7-8-21-13-15-25(16-14-21)24(26)19-28-17-18-29-23-5-3-2-4-6-23/h2-6,9-12,21H,7-8,13-19H2,1H3. The first-order valence-electron chi connectivity index (χ1n) is 10.4. The zero-order valence-electron chi connectivity index (χ0n) is 17.2. The molecule has 0 aliphatic carbocycles. The maximum atomic E-state index is 12.3. The molecule has 3 rings (SSSR count). The second kappa shape index (κ2) is 11.5. The molecule has 0 aromatic heterocycles. The number of para-hydroxylation sites is 1. The molecule has 1 heterocycles. The summed E-state index contributed by atoms with van der Waals surface area (Å²) in [5.41, 5.74) is 1.34. The summed E-state index contributed by atoms with van der Waals surface area (Å²) in [6.07, 6.45) is 4.38. The summed E-state index contributed by atoms with van der Waals surface area (Å²) >= 11 is 0. The van der Waals surface area contributed by atoms with Gasteiger partial charge in [-0.2, -0.15) is 0 Å². The van der Waals surface area contributed by atoms with E-state index >= 15 is 0 Å². The normalized spacial score (nSPS) is 14.6. The van der Waals surface area contributed by atoms with Crippen LogP contribution in [0.3, 0.4) is 0 Å². The van der Waals surface area contributed by atoms with Gasteiger partial charge in [0.15, 0.2) is 0 Å². The van der Waals surface area contributed by atoms with Gasteiger partial charge in [-0.1, -0.05) is 30.3 Å². The molecule has 0 unspecified atom stereocenters. The van der Waals surface area contributed by atoms with Crippen molar-refractivity contribution < 1.29 is 19.0 Å². The number of likely N-dealkylation sites (tertiary alicyclic amines) is 1. The van der Waals surface area contributed by atoms with Gasteiger partial charge in [-0.05, 0) is 61.4 Å². The van der Waals surface area contributed by atoms with E-state index in [0.29, 0.717) is 19.1 Å². The zero-order valence-corrected chi connectivity index (χ0v) is 17.2. The summed E-state index contributed by atoms with van der Waals surface area (Å²) in [7, 11) is 1.69. The summed E-state index contributed by atoms with van der Waals surface area (Å²) < 4.78 is 16.3. The molecule has 156 valence electrons. The Kier molecular flexibility index (Phi) is 8.38. The minimum absolute atomic E-state index is 0.0818. The Morgan fingerprint density at radius 3 is 2.38 bits per heavy atom. The van der Waals surface area contributed by atoms with Crippen LogP contribution in [0.5, 0.6) is 11.5 Å². The smallest absolute Gasteiger partial charge is 0.248 e. The number of benzene rings is 2. The van der Waals surface area contributed by atoms with Gasteiger partial charge >= 0.3 is 0 Å². The predicted molar refractivity (Wildman–Crippen MR) is 113 cm³/mol. The number of amides is 1. The number of nitrogens with zero attached hydrogens (tertiary/aromatic N) is 1. The van der Waals surface area contributed by atoms with E-state index in [-0.39, 0.29) is 12.5 Å². The molecular formula is C24H31NO4. The number of carbonyl (C=O) groups excluding carboxylic acids is 1. The minimum atomic E-state index is 0.0818. The third-order valence-corrected chi connectivity index (χ3v) is 5.43. The van der Waals surface area contributed by atoms with Crippen LogP contribution >= 0.6 is 0 Å². The van der Waals surface area contributed by atoms with Gasteiger partial charge in [-0.25, -0.2) is 0 Å². The summed E-state index contributed by atoms with van der Waals surface area (Å²) in [6.45, 7) is 2.66. The van der Waals surface area contributed by atoms with E-state index in [2.05, 4.69) is 12.1 Å². The lowest BCUT2D eigenvalue weighted by Gasteiger charge is -2.32. The predicted octanol–water partition coefficient (Wildman–Crippen LogP) is 3.96. The fourth-order valence-electron chi connectivity index (χ4n) is 3.62. The highest BCUT2D eigenvalue weighted by molar-refractivity contribution is 5.77. The first-order chi connectivity index (χ1) is 14.2. The molecule has 0 saturated carbocycles. The van der Waals surface area contributed by atoms with E-state index in [4.69, 9.17) is 14.2 Å². The molecule has 1 fully saturated rings. The summed E-state index contributed by atoms with van der Waals surface area (Å²) in [4.78, 5) is 14.3. The van der Waals surface area contributed by atoms with Gasteiger partial charge in [0.1, 0.15) is 24.7 Å². The van der Waals surface area contributed by atoms with Crippen molar-refractivity contribution in [1.29, 1.82) is 0 Å². The van der Waals surface area contributed by atoms with Crippen molar-refractivity contribution in [3.8, 4) is 11.5 Å². The van der Waals surface area contributed by atoms with E-state index in [1.165, 1.54) is 12.0 Å². The van der Waals surface area contributed by atoms with Gasteiger partial charge in [-0.3, -0.25) is 4.79 Å². The third-order valence-electron chi connectivity index (χ3n) is 5.43. The molecule has 5 heteroatoms. The summed E-state index contributed by atoms with van der Waals surface area (Å²) in [6, 6.07) is 17.9. The maximum absolute atomic E-state index is 12.3. The zero-order chi connectivity index (χ0) is 20.3. The van der Waals surface area contributed by atoms with Crippen molar-refractivity contribution in [2.75, 3.05) is 40.0 Å². The van der Waals surface area contributed by atoms with Gasteiger partial charge < -0.3 is 19.1 Å². The number of piperidine rings is 1. The molecule has 1 saturated heterocycles. The monoisotopic (exact) mass is 397 g/mol. The Morgan fingerprint density at radius 2 is 1.69 bits per heavy atom. The number of ether oxygens (including phenoxy) is 3. The Balaban J connectivity index is 1.27. The number of aryl methyl sites for hydroxylation is 1. The molecule has 0 atom stereocenters. The highest BCUT2D eigenvalue weighted by Gasteiger charge is 2.22. The summed E-state index contributed by atoms with van der Waals surface area (Å²) in [5, 5.41) is 0. The van der Waals surface area contributed by atoms with Crippen molar-refractivity contribution >= 4 is 5.91 Å². The van der Waals surface area contributed by atoms with E-state index in [1.54, 1.807) is 7.11 Å². The first-order valence-corrected chi connectivity index (χ1v) is 10.4. The van der Waals surface area contributed by atoms with Crippen molar-refractivity contribution in [3.63, 3.8) is 0 Å². The Bertz CT molecular complexity index is 724. The van der Waals surface area contributed by atoms with Crippen LogP contribution in [0.4, 0.5) is 0 Å². The van der Waals surface area contributed by atoms with Gasteiger partial charge in [-0.15, -0.1) is 0 Å². The van der Waals surface area contributed by atoms with Crippen LogP contribution in [0.1, 0.15) is 24.8 Å². The minimum Gasteiger partial charge on any atom is -0.497 e. The largest absolute Gasteiger partial charge is 0.497 e. The molecule has 2 aromatic rings. The van der Waals surface area contributed by atoms with Gasteiger partial charge in [0.05, 0.1) is 13.7 Å². The van der Waals surface area contributed by atoms with E-state index < -0.39 is 0 Å². The molecule has 1 aliphatic heterocycles. The Labute approximate surface area is 173 Å². The molecule has 1 aliphatic rings. The van der Waals surface area contributed by atoms with Crippen LogP contribution < -0.4 is 9.47 Å². The van der Waals surface area contributed by atoms with Crippen LogP contribution in [-0.4, -0.2) is 50.8 Å². The molecule has 5 nitrogen and oxygen atoms in total. The molecule has 29 heavy (non-hydrogen) atoms. The Morgan fingerprint density at radius 1 is 0.966 bits per heavy atom. The second-order valence-electron chi connectivity index (χ2n) is 7.43. The third kappa shape index (κ3) is 7.09. The fraction of sp³-hybridized carbons (Fsp3) is 0.458. The van der Waals surface area contributed by atoms with E-state index in [1.807, 2.05) is 47.4 Å². The molecule has 0 bridgehead atoms. The number of rotatable bonds is 10. The van der Waals surface area contributed by atoms with Crippen molar-refractivity contribution in [1.82, 2.24) is 4.90 Å². The maximum Gasteiger partial charge on any atom is 0.248 e. The summed E-state index contributed by atoms with van der Waals surface area (Å²) in [5.74, 6) is 2.48. The molecular weight excluding hydrogens is 366 g/mol. The number of carbonyl (C=O) groups is 1. The van der Waals surface area contributed by atoms with Crippen LogP contribution in [0.15, 0.2) is 54.6 Å². The van der Waals surface area contributed by atoms with E-state index in [0.717, 1.165) is 43.9 Å². The average molecular weight is 398 g/mol. The Hall–Kier alpha value is -2.53. The van der Waals surface area contributed by atoms with Gasteiger partial charge in [0.2, 0.25) is 5.91 Å². The lowest BCUT2D eigenvalue weighted by Crippen LogP contribution is -2.40. The van der Waals surface area contributed by atoms with Crippen molar-refractivity contribution in [2.24, 2.45) is 5.92 Å². The SMILES string of the molecule is COc1ccc(CCC2CCN(C(=O)COCCOc3ccccc3)CC2)cc1. The van der Waals surface area contributed by atoms with Crippen LogP contribution in [0, 0.1) is 5.92 Å². The lowest BCUT2D eigenvalue weighted by atomic mass is 9.90. The van der Waals surface area contributed by atoms with E-state index in [9.17, 15) is 4.79 Å². The van der Waals surface area contributed by atoms with Crippen LogP contribution in [0.25, 0.3) is 0 Å².